The number of nitro groups is 1. The van der Waals surface area contributed by atoms with Crippen LogP contribution < -0.4 is 37.5 Å². The van der Waals surface area contributed by atoms with E-state index >= 15 is 0 Å². The van der Waals surface area contributed by atoms with E-state index in [0.29, 0.717) is 90.3 Å². The Morgan fingerprint density at radius 3 is 1.54 bits per heavy atom. The van der Waals surface area contributed by atoms with E-state index in [0.717, 1.165) is 17.2 Å². The molecule has 0 unspecified atom stereocenters. The van der Waals surface area contributed by atoms with Gasteiger partial charge in [-0.2, -0.15) is 19.1 Å². The Hall–Kier alpha value is -9.47. The average Bonchev–Trinajstić information content (AvgIpc) is 4.26. The van der Waals surface area contributed by atoms with Crippen molar-refractivity contribution in [3.05, 3.63) is 164 Å². The lowest BCUT2D eigenvalue weighted by atomic mass is 10.0. The Kier molecular flexibility index (Phi) is 19.1. The van der Waals surface area contributed by atoms with Crippen molar-refractivity contribution >= 4 is 62.7 Å². The Bertz CT molecular complexity index is 3650. The summed E-state index contributed by atoms with van der Waals surface area (Å²) in [5.74, 6) is 5.96. The molecule has 5 aromatic carbocycles. The normalized spacial score (nSPS) is 17.3. The Morgan fingerprint density at radius 1 is 0.631 bits per heavy atom. The monoisotopic (exact) mass is 1170 g/mol. The van der Waals surface area contributed by atoms with Gasteiger partial charge in [0.05, 0.1) is 52.5 Å². The van der Waals surface area contributed by atoms with Crippen molar-refractivity contribution in [2.75, 3.05) is 46.2 Å². The molecule has 7 aromatic rings. The molecule has 9 N–H and O–H groups in total. The molecular weight excluding hydrogens is 1110 g/mol. The van der Waals surface area contributed by atoms with E-state index in [1.165, 1.54) is 61.6 Å². The SMILES string of the molecule is COc1cc2[nH]cc(C(=O)C(N)=O)c2cc1C(=O)N1C[C@H](C)N(Cc2ccc(F)cc2)C[C@H]1C.COc1cc2c(cc1C(=O)N1C[C@H](C)N(Cc3ccc(F)cc3)C[C@H]1C)c(C(=O)C(N)=O)cn2N.NOc1ccc(C(F)(F)F)cc1[N+](=O)[O-]. The second-order valence-electron chi connectivity index (χ2n) is 20.2. The van der Waals surface area contributed by atoms with Crippen molar-refractivity contribution < 1.29 is 70.0 Å². The highest BCUT2D eigenvalue weighted by atomic mass is 19.4. The number of nitrogens with two attached hydrogens (primary N) is 4. The number of nitrogens with one attached hydrogen (secondary N) is 1. The van der Waals surface area contributed by atoms with Crippen LogP contribution in [0.25, 0.3) is 21.8 Å². The molecule has 4 atom stereocenters. The molecule has 2 aliphatic rings. The lowest BCUT2D eigenvalue weighted by molar-refractivity contribution is -0.386. The molecule has 0 aliphatic carbocycles. The van der Waals surface area contributed by atoms with Gasteiger partial charge in [0.1, 0.15) is 23.1 Å². The van der Waals surface area contributed by atoms with Crippen LogP contribution in [0.3, 0.4) is 0 Å². The summed E-state index contributed by atoms with van der Waals surface area (Å²) in [6.45, 7) is 11.5. The van der Waals surface area contributed by atoms with Crippen LogP contribution >= 0.6 is 0 Å². The number of nitro benzene ring substituents is 1. The summed E-state index contributed by atoms with van der Waals surface area (Å²) in [4.78, 5) is 99.2. The standard InChI is InChI=1S/C25H28FN5O4.C25H27FN4O4.C7H5F3N2O3/c1-14-11-30(15(2)10-29(14)12-16-4-6-17(26)7-5-16)25(34)19-8-18-20(23(32)24(27)33)13-31(28)21(18)9-22(19)35-3;1-14-12-30(15(2)11-29(14)13-16-4-6-17(26)7-5-16)25(33)19-8-18-20(23(31)24(27)32)10-28-21(18)9-22(19)34-3;8-7(9,10)4-1-2-6(15-11)5(3-4)12(13)14/h4-9,13-15H,10-12,28H2,1-3H3,(H2,27,33);4-10,14-15,28H,11-13H2,1-3H3,(H2,27,32);1-3H,11H2/t2*14-,15+;/m00./s1. The van der Waals surface area contributed by atoms with E-state index in [1.54, 1.807) is 52.3 Å². The number of primary amides is 2. The summed E-state index contributed by atoms with van der Waals surface area (Å²) in [5.41, 5.74) is 12.1. The molecule has 0 bridgehead atoms. The fourth-order valence-corrected chi connectivity index (χ4v) is 10.0. The van der Waals surface area contributed by atoms with Crippen molar-refractivity contribution in [2.24, 2.45) is 17.4 Å². The molecule has 9 rings (SSSR count). The molecule has 0 saturated carbocycles. The van der Waals surface area contributed by atoms with Crippen LogP contribution in [0.1, 0.15) is 85.8 Å². The third-order valence-electron chi connectivity index (χ3n) is 14.5. The van der Waals surface area contributed by atoms with E-state index < -0.39 is 51.5 Å². The first-order valence-corrected chi connectivity index (χ1v) is 25.8. The molecule has 2 saturated heterocycles. The number of aromatic amines is 1. The third kappa shape index (κ3) is 13.7. The number of ketones is 2. The van der Waals surface area contributed by atoms with Gasteiger partial charge in [-0.15, -0.1) is 0 Å². The number of amides is 4. The number of hydrogen-bond donors (Lipinski definition) is 5. The predicted molar refractivity (Wildman–Crippen MR) is 297 cm³/mol. The van der Waals surface area contributed by atoms with E-state index in [2.05, 4.69) is 25.5 Å². The van der Waals surface area contributed by atoms with Gasteiger partial charge in [0.2, 0.25) is 5.75 Å². The molecule has 84 heavy (non-hydrogen) atoms. The minimum absolute atomic E-state index is 0.0252. The molecule has 0 spiro atoms. The number of carbonyl (C=O) groups is 6. The summed E-state index contributed by atoms with van der Waals surface area (Å²) < 4.78 is 75.2. The Balaban J connectivity index is 0.000000195. The first-order valence-electron chi connectivity index (χ1n) is 25.8. The van der Waals surface area contributed by atoms with Crippen molar-refractivity contribution in [3.8, 4) is 17.2 Å². The number of halogens is 5. The zero-order valence-electron chi connectivity index (χ0n) is 46.2. The zero-order valence-corrected chi connectivity index (χ0v) is 46.2. The number of ether oxygens (including phenoxy) is 2. The lowest BCUT2D eigenvalue weighted by Gasteiger charge is -2.44. The average molecular weight is 1170 g/mol. The number of Topliss-reactive ketones (excluding diaryl/α,β-unsaturated/α-hetero) is 2. The number of alkyl halides is 3. The van der Waals surface area contributed by atoms with Gasteiger partial charge in [-0.1, -0.05) is 24.3 Å². The lowest BCUT2D eigenvalue weighted by Crippen LogP contribution is -2.57. The number of nitrogen functional groups attached to an aromatic ring is 1. The summed E-state index contributed by atoms with van der Waals surface area (Å²) in [5, 5.41) is 11.1. The highest BCUT2D eigenvalue weighted by Gasteiger charge is 2.37. The van der Waals surface area contributed by atoms with Crippen molar-refractivity contribution in [1.82, 2.24) is 29.3 Å². The number of piperazine rings is 2. The van der Waals surface area contributed by atoms with Gasteiger partial charge in [0.15, 0.2) is 0 Å². The summed E-state index contributed by atoms with van der Waals surface area (Å²) in [7, 11) is 2.92. The smallest absolute Gasteiger partial charge is 0.416 e. The van der Waals surface area contributed by atoms with Crippen LogP contribution in [0, 0.1) is 21.7 Å². The van der Waals surface area contributed by atoms with Crippen LogP contribution in [0.4, 0.5) is 27.6 Å². The number of hydrogen-bond acceptors (Lipinski definition) is 15. The highest BCUT2D eigenvalue weighted by Crippen LogP contribution is 2.37. The number of rotatable bonds is 14. The van der Waals surface area contributed by atoms with Gasteiger partial charge in [-0.05, 0) is 87.4 Å². The molecule has 22 nitrogen and oxygen atoms in total. The topological polar surface area (TPSA) is 311 Å². The number of H-pyrrole nitrogens is 1. The second-order valence-corrected chi connectivity index (χ2v) is 20.2. The maximum atomic E-state index is 13.7. The minimum atomic E-state index is -4.64. The number of aromatic nitrogens is 2. The van der Waals surface area contributed by atoms with E-state index in [-0.39, 0.29) is 64.3 Å². The van der Waals surface area contributed by atoms with Crippen LogP contribution in [0.2, 0.25) is 0 Å². The maximum absolute atomic E-state index is 13.7. The van der Waals surface area contributed by atoms with Gasteiger partial charge in [0, 0.05) is 110 Å². The zero-order chi connectivity index (χ0) is 61.6. The van der Waals surface area contributed by atoms with Gasteiger partial charge in [-0.25, -0.2) is 8.78 Å². The molecule has 4 heterocycles. The van der Waals surface area contributed by atoms with Crippen LogP contribution in [0.15, 0.2) is 103 Å². The van der Waals surface area contributed by atoms with E-state index in [4.69, 9.17) is 26.8 Å². The first kappa shape index (κ1) is 62.1. The summed E-state index contributed by atoms with van der Waals surface area (Å²) in [6, 6.07) is 20.9. The number of benzene rings is 5. The summed E-state index contributed by atoms with van der Waals surface area (Å²) >= 11 is 0. The van der Waals surface area contributed by atoms with Crippen molar-refractivity contribution in [2.45, 2.75) is 71.1 Å². The number of methoxy groups -OCH3 is 2. The molecular formula is C57H60F5N11O11. The fourth-order valence-electron chi connectivity index (χ4n) is 10.0. The van der Waals surface area contributed by atoms with Crippen molar-refractivity contribution in [3.63, 3.8) is 0 Å². The largest absolute Gasteiger partial charge is 0.496 e. The van der Waals surface area contributed by atoms with Gasteiger partial charge in [0.25, 0.3) is 35.2 Å². The van der Waals surface area contributed by atoms with Crippen LogP contribution in [-0.4, -0.2) is 134 Å². The number of carbonyl (C=O) groups excluding carboxylic acids is 6. The molecule has 444 valence electrons. The van der Waals surface area contributed by atoms with E-state index in [9.17, 15) is 60.8 Å². The number of nitrogens with zero attached hydrogens (tertiary/aromatic N) is 6. The predicted octanol–water partition coefficient (Wildman–Crippen LogP) is 6.49. The molecule has 27 heteroatoms. The maximum Gasteiger partial charge on any atom is 0.416 e. The van der Waals surface area contributed by atoms with Gasteiger partial charge in [-0.3, -0.25) is 53.4 Å². The highest BCUT2D eigenvalue weighted by molar-refractivity contribution is 6.45. The molecule has 2 aliphatic heterocycles. The molecule has 4 amide bonds. The molecule has 2 fully saturated rings. The number of fused-ring (bicyclic) bond motifs is 2. The second kappa shape index (κ2) is 25.8. The molecule has 2 aromatic heterocycles. The third-order valence-corrected chi connectivity index (χ3v) is 14.5. The molecule has 0 radical (unpaired) electrons. The van der Waals surface area contributed by atoms with Crippen LogP contribution in [-0.2, 0) is 28.9 Å². The van der Waals surface area contributed by atoms with Crippen molar-refractivity contribution in [1.29, 1.82) is 0 Å². The van der Waals surface area contributed by atoms with Gasteiger partial charge >= 0.3 is 11.9 Å². The minimum Gasteiger partial charge on any atom is -0.496 e. The fraction of sp³-hybridized carbons (Fsp3) is 0.298. The summed E-state index contributed by atoms with van der Waals surface area (Å²) in [6.07, 6.45) is -1.92. The Morgan fingerprint density at radius 2 is 1.10 bits per heavy atom. The quantitative estimate of drug-likeness (QED) is 0.0194. The van der Waals surface area contributed by atoms with E-state index in [1.807, 2.05) is 27.7 Å². The van der Waals surface area contributed by atoms with Gasteiger partial charge < -0.3 is 46.4 Å². The Labute approximate surface area is 476 Å². The van der Waals surface area contributed by atoms with Crippen LogP contribution in [0.5, 0.6) is 17.2 Å². The first-order chi connectivity index (χ1) is 39.6.